The molecule has 0 atom stereocenters. The van der Waals surface area contributed by atoms with E-state index in [-0.39, 0.29) is 24.4 Å². The number of carbonyl (C=O) groups excluding carboxylic acids is 2. The van der Waals surface area contributed by atoms with Crippen LogP contribution >= 0.6 is 0 Å². The fourth-order valence-corrected chi connectivity index (χ4v) is 5.00. The number of ether oxygens (including phenoxy) is 2. The van der Waals surface area contributed by atoms with Crippen molar-refractivity contribution in [2.75, 3.05) is 27.3 Å². The summed E-state index contributed by atoms with van der Waals surface area (Å²) in [7, 11) is 3.07. The minimum absolute atomic E-state index is 0.00441. The van der Waals surface area contributed by atoms with Crippen molar-refractivity contribution >= 4 is 22.7 Å². The molecule has 0 unspecified atom stereocenters. The summed E-state index contributed by atoms with van der Waals surface area (Å²) in [6.45, 7) is 3.07. The quantitative estimate of drug-likeness (QED) is 0.286. The Bertz CT molecular complexity index is 1430. The molecule has 4 aromatic rings. The number of hydrogen-bond donors (Lipinski definition) is 1. The lowest BCUT2D eigenvalue weighted by Gasteiger charge is -2.29. The number of aromatic amines is 1. The monoisotopic (exact) mass is 525 g/mol. The van der Waals surface area contributed by atoms with Crippen molar-refractivity contribution < 1.29 is 19.1 Å². The van der Waals surface area contributed by atoms with E-state index in [4.69, 9.17) is 9.47 Å². The molecule has 1 heterocycles. The molecule has 39 heavy (non-hydrogen) atoms. The lowest BCUT2D eigenvalue weighted by molar-refractivity contribution is -0.132. The van der Waals surface area contributed by atoms with E-state index in [1.165, 1.54) is 30.7 Å². The van der Waals surface area contributed by atoms with E-state index in [1.807, 2.05) is 23.2 Å². The zero-order valence-electron chi connectivity index (χ0n) is 22.8. The van der Waals surface area contributed by atoms with Gasteiger partial charge in [-0.3, -0.25) is 9.59 Å². The number of rotatable bonds is 11. The maximum Gasteiger partial charge on any atom is 0.262 e. The van der Waals surface area contributed by atoms with Crippen molar-refractivity contribution in [3.8, 4) is 11.5 Å². The summed E-state index contributed by atoms with van der Waals surface area (Å²) in [6, 6.07) is 21.7. The summed E-state index contributed by atoms with van der Waals surface area (Å²) >= 11 is 0. The molecule has 0 bridgehead atoms. The van der Waals surface area contributed by atoms with Crippen LogP contribution in [0.15, 0.2) is 72.9 Å². The SMILES string of the molecule is COc1cccc(OC)c1C(=O)N(CC(=O)N(CCc1c[nH]c2ccccc12)Cc1ccc(C)cc1)C1CC1. The minimum Gasteiger partial charge on any atom is -0.496 e. The summed E-state index contributed by atoms with van der Waals surface area (Å²) in [6.07, 6.45) is 4.49. The molecular weight excluding hydrogens is 490 g/mol. The number of carbonyl (C=O) groups is 2. The third-order valence-electron chi connectivity index (χ3n) is 7.37. The number of amides is 2. The molecule has 0 aliphatic heterocycles. The second-order valence-electron chi connectivity index (χ2n) is 10.1. The molecule has 2 amide bonds. The highest BCUT2D eigenvalue weighted by molar-refractivity contribution is 6.01. The van der Waals surface area contributed by atoms with E-state index in [2.05, 4.69) is 48.3 Å². The van der Waals surface area contributed by atoms with Crippen molar-refractivity contribution in [2.45, 2.75) is 38.8 Å². The Hall–Kier alpha value is -4.26. The normalized spacial score (nSPS) is 12.8. The molecule has 1 fully saturated rings. The Labute approximate surface area is 229 Å². The third-order valence-corrected chi connectivity index (χ3v) is 7.37. The van der Waals surface area contributed by atoms with Crippen LogP contribution in [0.1, 0.15) is 39.9 Å². The molecular formula is C32H35N3O4. The van der Waals surface area contributed by atoms with E-state index in [0.29, 0.717) is 36.6 Å². The molecule has 1 aliphatic rings. The van der Waals surface area contributed by atoms with Crippen LogP contribution in [0.2, 0.25) is 0 Å². The number of fused-ring (bicyclic) bond motifs is 1. The van der Waals surface area contributed by atoms with E-state index in [0.717, 1.165) is 23.9 Å². The van der Waals surface area contributed by atoms with Crippen molar-refractivity contribution in [1.29, 1.82) is 0 Å². The number of hydrogen-bond acceptors (Lipinski definition) is 4. The summed E-state index contributed by atoms with van der Waals surface area (Å²) in [5.74, 6) is 0.554. The maximum absolute atomic E-state index is 13.9. The number of nitrogens with one attached hydrogen (secondary N) is 1. The number of para-hydroxylation sites is 1. The van der Waals surface area contributed by atoms with Crippen LogP contribution in [0, 0.1) is 6.92 Å². The lowest BCUT2D eigenvalue weighted by atomic mass is 10.1. The minimum atomic E-state index is -0.243. The highest BCUT2D eigenvalue weighted by Gasteiger charge is 2.37. The Morgan fingerprint density at radius 3 is 2.28 bits per heavy atom. The lowest BCUT2D eigenvalue weighted by Crippen LogP contribution is -2.44. The Balaban J connectivity index is 1.39. The van der Waals surface area contributed by atoms with Gasteiger partial charge in [0.2, 0.25) is 5.91 Å². The largest absolute Gasteiger partial charge is 0.496 e. The van der Waals surface area contributed by atoms with Gasteiger partial charge in [0.1, 0.15) is 23.6 Å². The first-order valence-electron chi connectivity index (χ1n) is 13.4. The second kappa shape index (κ2) is 11.6. The number of H-pyrrole nitrogens is 1. The van der Waals surface area contributed by atoms with E-state index in [1.54, 1.807) is 23.1 Å². The van der Waals surface area contributed by atoms with E-state index in [9.17, 15) is 9.59 Å². The van der Waals surface area contributed by atoms with Crippen LogP contribution in [0.5, 0.6) is 11.5 Å². The molecule has 0 radical (unpaired) electrons. The summed E-state index contributed by atoms with van der Waals surface area (Å²) < 4.78 is 11.0. The number of aromatic nitrogens is 1. The van der Waals surface area contributed by atoms with Gasteiger partial charge in [-0.25, -0.2) is 0 Å². The standard InChI is InChI=1S/C32H35N3O4/c1-22-11-13-23(14-12-22)20-34(18-17-24-19-33-27-8-5-4-7-26(24)27)30(36)21-35(25-15-16-25)32(37)31-28(38-2)9-6-10-29(31)39-3/h4-14,19,25,33H,15-18,20-21H2,1-3H3. The zero-order valence-corrected chi connectivity index (χ0v) is 22.8. The van der Waals surface area contributed by atoms with Crippen LogP contribution in [0.3, 0.4) is 0 Å². The molecule has 1 aromatic heterocycles. The fraction of sp³-hybridized carbons (Fsp3) is 0.312. The summed E-state index contributed by atoms with van der Waals surface area (Å²) in [4.78, 5) is 34.6. The van der Waals surface area contributed by atoms with Crippen LogP contribution in [-0.2, 0) is 17.8 Å². The molecule has 5 rings (SSSR count). The molecule has 0 spiro atoms. The predicted octanol–water partition coefficient (Wildman–Crippen LogP) is 5.37. The van der Waals surface area contributed by atoms with Crippen molar-refractivity contribution in [3.63, 3.8) is 0 Å². The van der Waals surface area contributed by atoms with Gasteiger partial charge in [-0.05, 0) is 55.5 Å². The van der Waals surface area contributed by atoms with Crippen LogP contribution in [-0.4, -0.2) is 59.9 Å². The highest BCUT2D eigenvalue weighted by atomic mass is 16.5. The first-order valence-corrected chi connectivity index (χ1v) is 13.4. The molecule has 202 valence electrons. The van der Waals surface area contributed by atoms with Crippen molar-refractivity contribution in [1.82, 2.24) is 14.8 Å². The van der Waals surface area contributed by atoms with E-state index < -0.39 is 0 Å². The Morgan fingerprint density at radius 1 is 0.923 bits per heavy atom. The van der Waals surface area contributed by atoms with Gasteiger partial charge < -0.3 is 24.3 Å². The molecule has 1 N–H and O–H groups in total. The Kier molecular flexibility index (Phi) is 7.87. The summed E-state index contributed by atoms with van der Waals surface area (Å²) in [5, 5.41) is 1.17. The van der Waals surface area contributed by atoms with Gasteiger partial charge in [0.25, 0.3) is 5.91 Å². The second-order valence-corrected chi connectivity index (χ2v) is 10.1. The average molecular weight is 526 g/mol. The predicted molar refractivity (Wildman–Crippen MR) is 152 cm³/mol. The molecule has 3 aromatic carbocycles. The van der Waals surface area contributed by atoms with Gasteiger partial charge in [-0.15, -0.1) is 0 Å². The topological polar surface area (TPSA) is 74.9 Å². The van der Waals surface area contributed by atoms with Crippen LogP contribution in [0.25, 0.3) is 10.9 Å². The third kappa shape index (κ3) is 5.93. The highest BCUT2D eigenvalue weighted by Crippen LogP contribution is 2.34. The number of aryl methyl sites for hydroxylation is 1. The molecule has 7 nitrogen and oxygen atoms in total. The zero-order chi connectivity index (χ0) is 27.4. The van der Waals surface area contributed by atoms with Gasteiger partial charge in [0, 0.05) is 36.2 Å². The number of benzene rings is 3. The van der Waals surface area contributed by atoms with Gasteiger partial charge in [-0.1, -0.05) is 54.1 Å². The first-order chi connectivity index (χ1) is 19.0. The van der Waals surface area contributed by atoms with Crippen molar-refractivity contribution in [3.05, 3.63) is 95.2 Å². The smallest absolute Gasteiger partial charge is 0.262 e. The maximum atomic E-state index is 13.9. The fourth-order valence-electron chi connectivity index (χ4n) is 5.00. The molecule has 1 aliphatic carbocycles. The van der Waals surface area contributed by atoms with Gasteiger partial charge >= 0.3 is 0 Å². The van der Waals surface area contributed by atoms with Crippen LogP contribution < -0.4 is 9.47 Å². The first kappa shape index (κ1) is 26.4. The number of methoxy groups -OCH3 is 2. The van der Waals surface area contributed by atoms with Crippen LogP contribution in [0.4, 0.5) is 0 Å². The molecule has 7 heteroatoms. The Morgan fingerprint density at radius 2 is 1.62 bits per heavy atom. The van der Waals surface area contributed by atoms with Gasteiger partial charge in [-0.2, -0.15) is 0 Å². The summed E-state index contributed by atoms with van der Waals surface area (Å²) in [5.41, 5.74) is 4.84. The number of nitrogens with zero attached hydrogens (tertiary/aromatic N) is 2. The molecule has 0 saturated heterocycles. The molecule has 1 saturated carbocycles. The van der Waals surface area contributed by atoms with E-state index >= 15 is 0 Å². The van der Waals surface area contributed by atoms with Crippen molar-refractivity contribution in [2.24, 2.45) is 0 Å². The van der Waals surface area contributed by atoms with Gasteiger partial charge in [0.15, 0.2) is 0 Å². The van der Waals surface area contributed by atoms with Gasteiger partial charge in [0.05, 0.1) is 14.2 Å². The average Bonchev–Trinajstić information content (AvgIpc) is 3.73.